The summed E-state index contributed by atoms with van der Waals surface area (Å²) in [6.07, 6.45) is 3.85. The molecular formula is C13H15ClN4O. The van der Waals surface area contributed by atoms with E-state index in [1.807, 2.05) is 7.05 Å². The second-order valence-electron chi connectivity index (χ2n) is 3.99. The van der Waals surface area contributed by atoms with Gasteiger partial charge in [-0.3, -0.25) is 4.79 Å². The summed E-state index contributed by atoms with van der Waals surface area (Å²) in [5, 5.41) is 10.5. The third kappa shape index (κ3) is 3.33. The summed E-state index contributed by atoms with van der Waals surface area (Å²) in [6, 6.07) is 7.17. The molecule has 1 heterocycles. The Morgan fingerprint density at radius 3 is 2.95 bits per heavy atom. The number of para-hydroxylation sites is 1. The van der Waals surface area contributed by atoms with Crippen LogP contribution in [0.2, 0.25) is 5.02 Å². The molecule has 0 spiro atoms. The second kappa shape index (κ2) is 6.36. The van der Waals surface area contributed by atoms with Gasteiger partial charge in [0.2, 0.25) is 5.91 Å². The SMILES string of the molecule is CNCCC(=O)Nc1cccc(Cl)c1-n1cccn1. The second-order valence-corrected chi connectivity index (χ2v) is 4.40. The van der Waals surface area contributed by atoms with Crippen LogP contribution < -0.4 is 10.6 Å². The summed E-state index contributed by atoms with van der Waals surface area (Å²) in [5.74, 6) is -0.0648. The molecule has 100 valence electrons. The van der Waals surface area contributed by atoms with Crippen LogP contribution >= 0.6 is 11.6 Å². The van der Waals surface area contributed by atoms with Crippen LogP contribution in [0.1, 0.15) is 6.42 Å². The topological polar surface area (TPSA) is 59.0 Å². The molecule has 1 aromatic heterocycles. The molecule has 0 radical (unpaired) electrons. The Morgan fingerprint density at radius 1 is 1.42 bits per heavy atom. The van der Waals surface area contributed by atoms with E-state index in [1.165, 1.54) is 0 Å². The summed E-state index contributed by atoms with van der Waals surface area (Å²) in [6.45, 7) is 0.628. The molecule has 2 N–H and O–H groups in total. The van der Waals surface area contributed by atoms with Crippen molar-refractivity contribution in [1.29, 1.82) is 0 Å². The van der Waals surface area contributed by atoms with Crippen LogP contribution in [0.4, 0.5) is 5.69 Å². The first-order valence-electron chi connectivity index (χ1n) is 5.95. The predicted molar refractivity (Wildman–Crippen MR) is 75.7 cm³/mol. The number of nitrogens with one attached hydrogen (secondary N) is 2. The summed E-state index contributed by atoms with van der Waals surface area (Å²) < 4.78 is 1.63. The summed E-state index contributed by atoms with van der Waals surface area (Å²) in [5.41, 5.74) is 1.32. The zero-order valence-corrected chi connectivity index (χ0v) is 11.3. The van der Waals surface area contributed by atoms with E-state index in [2.05, 4.69) is 15.7 Å². The Bertz CT molecular complexity index is 554. The van der Waals surface area contributed by atoms with Gasteiger partial charge in [0.05, 0.1) is 10.7 Å². The summed E-state index contributed by atoms with van der Waals surface area (Å²) in [4.78, 5) is 11.8. The molecule has 6 heteroatoms. The van der Waals surface area contributed by atoms with E-state index < -0.39 is 0 Å². The first kappa shape index (κ1) is 13.6. The van der Waals surface area contributed by atoms with Gasteiger partial charge < -0.3 is 10.6 Å². The number of benzene rings is 1. The van der Waals surface area contributed by atoms with Crippen molar-refractivity contribution in [2.75, 3.05) is 18.9 Å². The number of carbonyl (C=O) groups excluding carboxylic acids is 1. The minimum Gasteiger partial charge on any atom is -0.324 e. The van der Waals surface area contributed by atoms with Gasteiger partial charge in [-0.1, -0.05) is 17.7 Å². The van der Waals surface area contributed by atoms with Gasteiger partial charge in [0, 0.05) is 25.4 Å². The van der Waals surface area contributed by atoms with Crippen LogP contribution in [0.15, 0.2) is 36.7 Å². The molecule has 0 aliphatic rings. The van der Waals surface area contributed by atoms with Crippen LogP contribution in [-0.2, 0) is 4.79 Å². The fraction of sp³-hybridized carbons (Fsp3) is 0.231. The average molecular weight is 279 g/mol. The number of hydrogen-bond acceptors (Lipinski definition) is 3. The molecular weight excluding hydrogens is 264 g/mol. The van der Waals surface area contributed by atoms with Crippen molar-refractivity contribution in [2.24, 2.45) is 0 Å². The number of rotatable bonds is 5. The third-order valence-corrected chi connectivity index (χ3v) is 2.90. The van der Waals surface area contributed by atoms with Crippen molar-refractivity contribution in [3.8, 4) is 5.69 Å². The van der Waals surface area contributed by atoms with Crippen molar-refractivity contribution in [3.63, 3.8) is 0 Å². The number of hydrogen-bond donors (Lipinski definition) is 2. The van der Waals surface area contributed by atoms with E-state index in [-0.39, 0.29) is 5.91 Å². The van der Waals surface area contributed by atoms with E-state index in [0.717, 1.165) is 0 Å². The number of aromatic nitrogens is 2. The molecule has 0 saturated heterocycles. The van der Waals surface area contributed by atoms with Crippen molar-refractivity contribution in [1.82, 2.24) is 15.1 Å². The number of halogens is 1. The fourth-order valence-corrected chi connectivity index (χ4v) is 1.96. The van der Waals surface area contributed by atoms with Gasteiger partial charge in [0.15, 0.2) is 0 Å². The van der Waals surface area contributed by atoms with E-state index in [4.69, 9.17) is 11.6 Å². The molecule has 2 aromatic rings. The van der Waals surface area contributed by atoms with E-state index in [1.54, 1.807) is 41.3 Å². The van der Waals surface area contributed by atoms with Crippen molar-refractivity contribution in [3.05, 3.63) is 41.7 Å². The molecule has 2 rings (SSSR count). The molecule has 5 nitrogen and oxygen atoms in total. The molecule has 1 amide bonds. The normalized spacial score (nSPS) is 10.4. The van der Waals surface area contributed by atoms with Gasteiger partial charge >= 0.3 is 0 Å². The van der Waals surface area contributed by atoms with E-state index in [0.29, 0.717) is 29.4 Å². The molecule has 0 saturated carbocycles. The van der Waals surface area contributed by atoms with Crippen LogP contribution in [0.25, 0.3) is 5.69 Å². The summed E-state index contributed by atoms with van der Waals surface area (Å²) >= 11 is 6.18. The highest BCUT2D eigenvalue weighted by atomic mass is 35.5. The number of nitrogens with zero attached hydrogens (tertiary/aromatic N) is 2. The van der Waals surface area contributed by atoms with Gasteiger partial charge in [-0.15, -0.1) is 0 Å². The molecule has 0 fully saturated rings. The highest BCUT2D eigenvalue weighted by Crippen LogP contribution is 2.27. The summed E-state index contributed by atoms with van der Waals surface area (Å²) in [7, 11) is 1.81. The Morgan fingerprint density at radius 2 is 2.26 bits per heavy atom. The van der Waals surface area contributed by atoms with Gasteiger partial charge in [0.25, 0.3) is 0 Å². The van der Waals surface area contributed by atoms with E-state index in [9.17, 15) is 4.79 Å². The average Bonchev–Trinajstić information content (AvgIpc) is 2.90. The number of anilines is 1. The molecule has 0 atom stereocenters. The quantitative estimate of drug-likeness (QED) is 0.880. The lowest BCUT2D eigenvalue weighted by Crippen LogP contribution is -2.19. The fourth-order valence-electron chi connectivity index (χ4n) is 1.70. The molecule has 1 aromatic carbocycles. The zero-order valence-electron chi connectivity index (χ0n) is 10.6. The van der Waals surface area contributed by atoms with E-state index >= 15 is 0 Å². The van der Waals surface area contributed by atoms with Crippen molar-refractivity contribution >= 4 is 23.2 Å². The highest BCUT2D eigenvalue weighted by Gasteiger charge is 2.11. The Hall–Kier alpha value is -1.85. The smallest absolute Gasteiger partial charge is 0.225 e. The first-order valence-corrected chi connectivity index (χ1v) is 6.33. The largest absolute Gasteiger partial charge is 0.324 e. The van der Waals surface area contributed by atoms with Crippen LogP contribution in [0.5, 0.6) is 0 Å². The van der Waals surface area contributed by atoms with Gasteiger partial charge in [0.1, 0.15) is 5.69 Å². The molecule has 0 aliphatic carbocycles. The molecule has 0 unspecified atom stereocenters. The molecule has 0 aliphatic heterocycles. The highest BCUT2D eigenvalue weighted by molar-refractivity contribution is 6.33. The molecule has 0 bridgehead atoms. The Kier molecular flexibility index (Phi) is 4.54. The lowest BCUT2D eigenvalue weighted by atomic mass is 10.2. The third-order valence-electron chi connectivity index (χ3n) is 2.60. The molecule has 19 heavy (non-hydrogen) atoms. The van der Waals surface area contributed by atoms with Gasteiger partial charge in [-0.05, 0) is 25.2 Å². The van der Waals surface area contributed by atoms with Crippen LogP contribution in [0, 0.1) is 0 Å². The van der Waals surface area contributed by atoms with Crippen molar-refractivity contribution < 1.29 is 4.79 Å². The maximum Gasteiger partial charge on any atom is 0.225 e. The Labute approximate surface area is 116 Å². The maximum atomic E-state index is 11.8. The lowest BCUT2D eigenvalue weighted by molar-refractivity contribution is -0.116. The standard InChI is InChI=1S/C13H15ClN4O/c1-15-8-6-12(19)17-11-5-2-4-10(14)13(11)18-9-3-7-16-18/h2-5,7,9,15H,6,8H2,1H3,(H,17,19). The monoisotopic (exact) mass is 278 g/mol. The minimum atomic E-state index is -0.0648. The Balaban J connectivity index is 2.26. The van der Waals surface area contributed by atoms with Gasteiger partial charge in [-0.2, -0.15) is 5.10 Å². The first-order chi connectivity index (χ1) is 9.22. The minimum absolute atomic E-state index is 0.0648. The van der Waals surface area contributed by atoms with Crippen molar-refractivity contribution in [2.45, 2.75) is 6.42 Å². The number of carbonyl (C=O) groups is 1. The predicted octanol–water partition coefficient (Wildman–Crippen LogP) is 2.07. The number of amides is 1. The van der Waals surface area contributed by atoms with Crippen LogP contribution in [-0.4, -0.2) is 29.3 Å². The lowest BCUT2D eigenvalue weighted by Gasteiger charge is -2.12. The van der Waals surface area contributed by atoms with Crippen LogP contribution in [0.3, 0.4) is 0 Å². The zero-order chi connectivity index (χ0) is 13.7. The maximum absolute atomic E-state index is 11.8. The van der Waals surface area contributed by atoms with Gasteiger partial charge in [-0.25, -0.2) is 4.68 Å².